The van der Waals surface area contributed by atoms with E-state index in [1.807, 2.05) is 20.8 Å². The second-order valence-corrected chi connectivity index (χ2v) is 12.6. The second-order valence-electron chi connectivity index (χ2n) is 12.6. The number of nitrogens with zero attached hydrogens (tertiary/aromatic N) is 2. The van der Waals surface area contributed by atoms with Crippen LogP contribution in [0.3, 0.4) is 0 Å². The summed E-state index contributed by atoms with van der Waals surface area (Å²) in [6.45, 7) is 20.0. The molecule has 0 aromatic carbocycles. The number of aliphatic hydroxyl groups excluding tert-OH is 1. The summed E-state index contributed by atoms with van der Waals surface area (Å²) in [4.78, 5) is 45.1. The molecule has 3 fully saturated rings. The second kappa shape index (κ2) is 9.75. The van der Waals surface area contributed by atoms with Crippen LogP contribution < -0.4 is 0 Å². The summed E-state index contributed by atoms with van der Waals surface area (Å²) in [7, 11) is 0. The summed E-state index contributed by atoms with van der Waals surface area (Å²) in [5, 5.41) is 10.1. The Hall–Kier alpha value is -1.93. The number of hydrogen-bond donors (Lipinski definition) is 1. The predicted octanol–water partition coefficient (Wildman–Crippen LogP) is 3.31. The number of carbonyl (C=O) groups excluding carboxylic acids is 3. The summed E-state index contributed by atoms with van der Waals surface area (Å²) < 4.78 is 12.2. The van der Waals surface area contributed by atoms with Crippen molar-refractivity contribution in [1.82, 2.24) is 9.80 Å². The van der Waals surface area contributed by atoms with Crippen molar-refractivity contribution in [3.8, 4) is 0 Å². The van der Waals surface area contributed by atoms with Crippen molar-refractivity contribution in [2.24, 2.45) is 17.3 Å². The van der Waals surface area contributed by atoms with Crippen LogP contribution in [0, 0.1) is 17.3 Å². The zero-order valence-electron chi connectivity index (χ0n) is 23.4. The van der Waals surface area contributed by atoms with E-state index in [2.05, 4.69) is 27.4 Å². The summed E-state index contributed by atoms with van der Waals surface area (Å²) in [6, 6.07) is -1.55. The average molecular weight is 507 g/mol. The van der Waals surface area contributed by atoms with Crippen LogP contribution in [0.2, 0.25) is 0 Å². The highest BCUT2D eigenvalue weighted by Crippen LogP contribution is 2.65. The molecule has 3 aliphatic rings. The first-order chi connectivity index (χ1) is 16.7. The molecule has 3 heterocycles. The van der Waals surface area contributed by atoms with Gasteiger partial charge in [0.05, 0.1) is 30.8 Å². The third kappa shape index (κ3) is 4.38. The fourth-order valence-electron chi connectivity index (χ4n) is 7.39. The molecule has 8 nitrogen and oxygen atoms in total. The topological polar surface area (TPSA) is 96.4 Å². The molecule has 0 radical (unpaired) electrons. The molecule has 0 saturated carbocycles. The molecule has 36 heavy (non-hydrogen) atoms. The maximum absolute atomic E-state index is 14.6. The van der Waals surface area contributed by atoms with Gasteiger partial charge in [0, 0.05) is 12.1 Å². The van der Waals surface area contributed by atoms with Gasteiger partial charge in [-0.15, -0.1) is 6.58 Å². The van der Waals surface area contributed by atoms with Crippen molar-refractivity contribution < 1.29 is 29.0 Å². The Bertz CT molecular complexity index is 895. The van der Waals surface area contributed by atoms with E-state index in [1.54, 1.807) is 24.8 Å². The van der Waals surface area contributed by atoms with Crippen LogP contribution in [0.1, 0.15) is 81.1 Å². The van der Waals surface area contributed by atoms with Gasteiger partial charge in [-0.2, -0.15) is 0 Å². The van der Waals surface area contributed by atoms with E-state index in [1.165, 1.54) is 4.90 Å². The molecule has 8 heteroatoms. The van der Waals surface area contributed by atoms with Gasteiger partial charge < -0.3 is 24.4 Å². The normalized spacial score (nSPS) is 32.4. The number of carbonyl (C=O) groups is 3. The maximum Gasteiger partial charge on any atom is 0.312 e. The number of likely N-dealkylation sites (tertiary alicyclic amines) is 1. The number of aliphatic hydroxyl groups is 1. The van der Waals surface area contributed by atoms with Crippen LogP contribution in [0.5, 0.6) is 0 Å². The zero-order chi connectivity index (χ0) is 27.3. The minimum Gasteiger partial charge on any atom is -0.466 e. The molecule has 6 atom stereocenters. The molecule has 0 aliphatic carbocycles. The van der Waals surface area contributed by atoms with Crippen molar-refractivity contribution in [1.29, 1.82) is 0 Å². The Labute approximate surface area is 216 Å². The largest absolute Gasteiger partial charge is 0.466 e. The van der Waals surface area contributed by atoms with Crippen LogP contribution in [-0.4, -0.2) is 81.3 Å². The van der Waals surface area contributed by atoms with Crippen LogP contribution >= 0.6 is 0 Å². The quantitative estimate of drug-likeness (QED) is 0.361. The van der Waals surface area contributed by atoms with Crippen LogP contribution in [0.4, 0.5) is 0 Å². The van der Waals surface area contributed by atoms with E-state index in [0.717, 1.165) is 6.42 Å². The van der Waals surface area contributed by atoms with E-state index in [9.17, 15) is 19.5 Å². The molecule has 3 aliphatic heterocycles. The average Bonchev–Trinajstić information content (AvgIpc) is 3.38. The number of amides is 2. The zero-order valence-corrected chi connectivity index (χ0v) is 23.4. The van der Waals surface area contributed by atoms with Gasteiger partial charge in [-0.1, -0.05) is 33.8 Å². The molecule has 0 aromatic rings. The van der Waals surface area contributed by atoms with Gasteiger partial charge in [-0.05, 0) is 58.8 Å². The number of ether oxygens (including phenoxy) is 2. The summed E-state index contributed by atoms with van der Waals surface area (Å²) in [5.74, 6) is -2.57. The number of fused-ring (bicyclic) bond motifs is 1. The van der Waals surface area contributed by atoms with Gasteiger partial charge in [0.2, 0.25) is 11.8 Å². The lowest BCUT2D eigenvalue weighted by atomic mass is 9.65. The SMILES string of the molecule is C=CCN(C(=O)C1N([C@H](C)CO)C(=O)[C@@H]2[C@@H](C(=O)OCC)[C@@]3(CC)CCC12O3)C(C)(C)CC(C)(C)C. The van der Waals surface area contributed by atoms with Gasteiger partial charge in [0.25, 0.3) is 0 Å². The van der Waals surface area contributed by atoms with Crippen LogP contribution in [0.15, 0.2) is 12.7 Å². The fraction of sp³-hybridized carbons (Fsp3) is 0.821. The van der Waals surface area contributed by atoms with E-state index >= 15 is 0 Å². The molecular formula is C28H46N2O6. The van der Waals surface area contributed by atoms with Crippen molar-refractivity contribution in [2.75, 3.05) is 19.8 Å². The van der Waals surface area contributed by atoms with E-state index < -0.39 is 46.6 Å². The molecule has 1 spiro atoms. The highest BCUT2D eigenvalue weighted by atomic mass is 16.6. The van der Waals surface area contributed by atoms with E-state index in [0.29, 0.717) is 25.8 Å². The van der Waals surface area contributed by atoms with E-state index in [-0.39, 0.29) is 30.4 Å². The molecular weight excluding hydrogens is 460 g/mol. The molecule has 1 N–H and O–H groups in total. The molecule has 204 valence electrons. The first-order valence-corrected chi connectivity index (χ1v) is 13.4. The highest BCUT2D eigenvalue weighted by molar-refractivity contribution is 5.99. The minimum absolute atomic E-state index is 0.0445. The first kappa shape index (κ1) is 28.6. The third-order valence-electron chi connectivity index (χ3n) is 8.40. The van der Waals surface area contributed by atoms with Gasteiger partial charge in [-0.3, -0.25) is 14.4 Å². The van der Waals surface area contributed by atoms with Gasteiger partial charge in [0.15, 0.2) is 0 Å². The Morgan fingerprint density at radius 3 is 2.42 bits per heavy atom. The first-order valence-electron chi connectivity index (χ1n) is 13.4. The summed E-state index contributed by atoms with van der Waals surface area (Å²) in [5.41, 5.74) is -2.54. The monoisotopic (exact) mass is 506 g/mol. The minimum atomic E-state index is -1.14. The Morgan fingerprint density at radius 2 is 1.92 bits per heavy atom. The Morgan fingerprint density at radius 1 is 1.28 bits per heavy atom. The molecule has 3 rings (SSSR count). The maximum atomic E-state index is 14.6. The lowest BCUT2D eigenvalue weighted by Gasteiger charge is -2.46. The lowest BCUT2D eigenvalue weighted by molar-refractivity contribution is -0.164. The van der Waals surface area contributed by atoms with Gasteiger partial charge in [-0.25, -0.2) is 0 Å². The number of hydrogen-bond acceptors (Lipinski definition) is 6. The Balaban J connectivity index is 2.15. The Kier molecular flexibility index (Phi) is 7.75. The standard InChI is InChI=1S/C28H46N2O6/c1-10-15-29(26(8,9)17-25(5,6)7)23(33)21-28-14-13-27(11-2,36-28)20(24(34)35-12-3)19(28)22(32)30(21)18(4)16-31/h10,18-21,31H,1,11-17H2,2-9H3/t18-,19+,20+,21?,27-,28?/m1/s1. The molecule has 2 bridgehead atoms. The van der Waals surface area contributed by atoms with Crippen LogP contribution in [-0.2, 0) is 23.9 Å². The molecule has 3 saturated heterocycles. The van der Waals surface area contributed by atoms with Gasteiger partial charge >= 0.3 is 5.97 Å². The van der Waals surface area contributed by atoms with Crippen molar-refractivity contribution in [2.45, 2.75) is 110 Å². The number of esters is 1. The van der Waals surface area contributed by atoms with Crippen LogP contribution in [0.25, 0.3) is 0 Å². The number of rotatable bonds is 10. The predicted molar refractivity (Wildman–Crippen MR) is 137 cm³/mol. The highest BCUT2D eigenvalue weighted by Gasteiger charge is 2.79. The van der Waals surface area contributed by atoms with Gasteiger partial charge in [0.1, 0.15) is 17.6 Å². The third-order valence-corrected chi connectivity index (χ3v) is 8.40. The van der Waals surface area contributed by atoms with Crippen molar-refractivity contribution in [3.63, 3.8) is 0 Å². The molecule has 2 unspecified atom stereocenters. The summed E-state index contributed by atoms with van der Waals surface area (Å²) >= 11 is 0. The van der Waals surface area contributed by atoms with E-state index in [4.69, 9.17) is 9.47 Å². The summed E-state index contributed by atoms with van der Waals surface area (Å²) in [6.07, 6.45) is 4.06. The lowest BCUT2D eigenvalue weighted by Crippen LogP contribution is -2.62. The fourth-order valence-corrected chi connectivity index (χ4v) is 7.39. The molecule has 2 amide bonds. The smallest absolute Gasteiger partial charge is 0.312 e. The molecule has 0 aromatic heterocycles. The van der Waals surface area contributed by atoms with Crippen molar-refractivity contribution >= 4 is 17.8 Å². The van der Waals surface area contributed by atoms with Crippen molar-refractivity contribution in [3.05, 3.63) is 12.7 Å².